The minimum absolute atomic E-state index is 0.243. The summed E-state index contributed by atoms with van der Waals surface area (Å²) in [6.45, 7) is 0. The second-order valence-electron chi connectivity index (χ2n) is 6.02. The molecule has 0 radical (unpaired) electrons. The summed E-state index contributed by atoms with van der Waals surface area (Å²) >= 11 is 0. The molecule has 4 N–H and O–H groups in total. The SMILES string of the molecule is COc1cc(C#N)ccc1C1=C(F)CCc2ccc(C(=O)N=C(N)N)cc21. The van der Waals surface area contributed by atoms with Crippen LogP contribution in [0.5, 0.6) is 5.75 Å². The molecule has 0 saturated carbocycles. The normalized spacial score (nSPS) is 12.8. The molecule has 0 fully saturated rings. The third-order valence-corrected chi connectivity index (χ3v) is 4.34. The number of nitriles is 1. The number of carbonyl (C=O) groups excluding carboxylic acids is 1. The van der Waals surface area contributed by atoms with Crippen molar-refractivity contribution < 1.29 is 13.9 Å². The van der Waals surface area contributed by atoms with Gasteiger partial charge in [0.15, 0.2) is 5.96 Å². The molecule has 6 nitrogen and oxygen atoms in total. The van der Waals surface area contributed by atoms with Crippen LogP contribution in [-0.2, 0) is 6.42 Å². The van der Waals surface area contributed by atoms with Gasteiger partial charge in [-0.3, -0.25) is 4.79 Å². The van der Waals surface area contributed by atoms with Crippen LogP contribution in [0.4, 0.5) is 4.39 Å². The van der Waals surface area contributed by atoms with E-state index in [-0.39, 0.29) is 23.8 Å². The Labute approximate surface area is 155 Å². The fraction of sp³-hybridized carbons (Fsp3) is 0.150. The van der Waals surface area contributed by atoms with Crippen molar-refractivity contribution in [3.05, 3.63) is 70.0 Å². The van der Waals surface area contributed by atoms with E-state index in [1.807, 2.05) is 6.07 Å². The third kappa shape index (κ3) is 3.51. The second-order valence-corrected chi connectivity index (χ2v) is 6.02. The van der Waals surface area contributed by atoms with Gasteiger partial charge < -0.3 is 16.2 Å². The van der Waals surface area contributed by atoms with Crippen molar-refractivity contribution in [1.29, 1.82) is 5.26 Å². The lowest BCUT2D eigenvalue weighted by atomic mass is 9.84. The van der Waals surface area contributed by atoms with Gasteiger partial charge in [-0.1, -0.05) is 6.07 Å². The Morgan fingerprint density at radius 1 is 1.19 bits per heavy atom. The maximum Gasteiger partial charge on any atom is 0.280 e. The van der Waals surface area contributed by atoms with Crippen LogP contribution in [0.25, 0.3) is 5.57 Å². The maximum absolute atomic E-state index is 14.9. The van der Waals surface area contributed by atoms with Crippen molar-refractivity contribution in [1.82, 2.24) is 0 Å². The molecule has 0 unspecified atom stereocenters. The summed E-state index contributed by atoms with van der Waals surface area (Å²) in [7, 11) is 1.46. The molecule has 7 heteroatoms. The zero-order valence-electron chi connectivity index (χ0n) is 14.6. The molecular weight excluding hydrogens is 347 g/mol. The molecule has 0 aliphatic heterocycles. The number of guanidine groups is 1. The first kappa shape index (κ1) is 18.1. The molecule has 27 heavy (non-hydrogen) atoms. The summed E-state index contributed by atoms with van der Waals surface area (Å²) in [5.74, 6) is -0.867. The largest absolute Gasteiger partial charge is 0.496 e. The van der Waals surface area contributed by atoms with Crippen molar-refractivity contribution in [2.75, 3.05) is 7.11 Å². The number of halogens is 1. The van der Waals surface area contributed by atoms with Gasteiger partial charge in [-0.25, -0.2) is 4.39 Å². The molecule has 0 aromatic heterocycles. The smallest absolute Gasteiger partial charge is 0.280 e. The number of aliphatic imine (C=N–C) groups is 1. The van der Waals surface area contributed by atoms with Gasteiger partial charge in [0.25, 0.3) is 5.91 Å². The quantitative estimate of drug-likeness (QED) is 0.642. The Hall–Kier alpha value is -3.66. The molecule has 0 atom stereocenters. The number of hydrogen-bond donors (Lipinski definition) is 2. The minimum Gasteiger partial charge on any atom is -0.496 e. The highest BCUT2D eigenvalue weighted by atomic mass is 19.1. The molecular formula is C20H17FN4O2. The van der Waals surface area contributed by atoms with Crippen LogP contribution in [0.1, 0.15) is 39.0 Å². The summed E-state index contributed by atoms with van der Waals surface area (Å²) in [5, 5.41) is 9.08. The molecule has 0 heterocycles. The molecule has 0 bridgehead atoms. The monoisotopic (exact) mass is 364 g/mol. The van der Waals surface area contributed by atoms with Crippen molar-refractivity contribution in [3.8, 4) is 11.8 Å². The fourth-order valence-corrected chi connectivity index (χ4v) is 3.12. The summed E-state index contributed by atoms with van der Waals surface area (Å²) in [6.07, 6.45) is 0.757. The summed E-state index contributed by atoms with van der Waals surface area (Å²) in [5.41, 5.74) is 13.5. The van der Waals surface area contributed by atoms with E-state index >= 15 is 0 Å². The molecule has 1 aliphatic rings. The Bertz CT molecular complexity index is 1030. The Morgan fingerprint density at radius 3 is 2.63 bits per heavy atom. The van der Waals surface area contributed by atoms with Crippen molar-refractivity contribution >= 4 is 17.4 Å². The topological polar surface area (TPSA) is 114 Å². The number of carbonyl (C=O) groups is 1. The fourth-order valence-electron chi connectivity index (χ4n) is 3.12. The molecule has 0 spiro atoms. The number of benzene rings is 2. The van der Waals surface area contributed by atoms with Crippen molar-refractivity contribution in [2.45, 2.75) is 12.8 Å². The van der Waals surface area contributed by atoms with E-state index in [1.54, 1.807) is 36.4 Å². The van der Waals surface area contributed by atoms with Crippen molar-refractivity contribution in [2.24, 2.45) is 16.5 Å². The van der Waals surface area contributed by atoms with Gasteiger partial charge in [0.2, 0.25) is 0 Å². The molecule has 3 rings (SSSR count). The number of nitrogens with two attached hydrogens (primary N) is 2. The standard InChI is InChI=1S/C20H17FN4O2/c1-27-17-8-11(10-22)2-6-14(17)18-15-9-13(19(26)25-20(23)24)4-3-12(15)5-7-16(18)21/h2-4,6,8-9H,5,7H2,1H3,(H4,23,24,25,26). The van der Waals surface area contributed by atoms with E-state index in [0.717, 1.165) is 5.56 Å². The number of methoxy groups -OCH3 is 1. The van der Waals surface area contributed by atoms with Crippen LogP contribution >= 0.6 is 0 Å². The Balaban J connectivity index is 2.18. The number of ether oxygens (including phenoxy) is 1. The molecule has 0 saturated heterocycles. The first-order chi connectivity index (χ1) is 12.9. The van der Waals surface area contributed by atoms with Gasteiger partial charge in [0.05, 0.1) is 18.7 Å². The highest BCUT2D eigenvalue weighted by molar-refractivity contribution is 6.03. The van der Waals surface area contributed by atoms with E-state index in [4.69, 9.17) is 21.5 Å². The highest BCUT2D eigenvalue weighted by Crippen LogP contribution is 2.41. The molecule has 2 aromatic rings. The summed E-state index contributed by atoms with van der Waals surface area (Å²) < 4.78 is 20.2. The van der Waals surface area contributed by atoms with E-state index in [0.29, 0.717) is 34.4 Å². The van der Waals surface area contributed by atoms with Gasteiger partial charge in [0, 0.05) is 23.1 Å². The average molecular weight is 364 g/mol. The Kier molecular flexibility index (Phi) is 4.90. The zero-order chi connectivity index (χ0) is 19.6. The zero-order valence-corrected chi connectivity index (χ0v) is 14.6. The number of amides is 1. The summed E-state index contributed by atoms with van der Waals surface area (Å²) in [4.78, 5) is 15.7. The van der Waals surface area contributed by atoms with E-state index < -0.39 is 5.91 Å². The minimum atomic E-state index is -0.602. The molecule has 1 amide bonds. The lowest BCUT2D eigenvalue weighted by Crippen LogP contribution is -2.24. The predicted octanol–water partition coefficient (Wildman–Crippen LogP) is 2.66. The van der Waals surface area contributed by atoms with Crippen molar-refractivity contribution in [3.63, 3.8) is 0 Å². The van der Waals surface area contributed by atoms with Gasteiger partial charge in [-0.2, -0.15) is 10.3 Å². The average Bonchev–Trinajstić information content (AvgIpc) is 2.66. The van der Waals surface area contributed by atoms with Crippen LogP contribution in [-0.4, -0.2) is 19.0 Å². The van der Waals surface area contributed by atoms with Gasteiger partial charge in [-0.15, -0.1) is 0 Å². The lowest BCUT2D eigenvalue weighted by Gasteiger charge is -2.22. The van der Waals surface area contributed by atoms with E-state index in [9.17, 15) is 9.18 Å². The van der Waals surface area contributed by atoms with Gasteiger partial charge in [-0.05, 0) is 47.9 Å². The number of allylic oxidation sites excluding steroid dienone is 1. The second kappa shape index (κ2) is 7.30. The molecule has 1 aliphatic carbocycles. The van der Waals surface area contributed by atoms with Crippen LogP contribution in [0, 0.1) is 11.3 Å². The molecule has 136 valence electrons. The van der Waals surface area contributed by atoms with Crippen LogP contribution in [0.15, 0.2) is 47.2 Å². The maximum atomic E-state index is 14.9. The number of hydrogen-bond acceptors (Lipinski definition) is 3. The number of rotatable bonds is 3. The van der Waals surface area contributed by atoms with Crippen LogP contribution < -0.4 is 16.2 Å². The number of aryl methyl sites for hydroxylation is 1. The predicted molar refractivity (Wildman–Crippen MR) is 99.7 cm³/mol. The van der Waals surface area contributed by atoms with E-state index in [2.05, 4.69) is 4.99 Å². The lowest BCUT2D eigenvalue weighted by molar-refractivity contribution is 0.100. The van der Waals surface area contributed by atoms with Gasteiger partial charge in [0.1, 0.15) is 11.6 Å². The third-order valence-electron chi connectivity index (χ3n) is 4.34. The van der Waals surface area contributed by atoms with Crippen LogP contribution in [0.3, 0.4) is 0 Å². The Morgan fingerprint density at radius 2 is 1.96 bits per heavy atom. The molecule has 2 aromatic carbocycles. The number of fused-ring (bicyclic) bond motifs is 1. The summed E-state index contributed by atoms with van der Waals surface area (Å²) in [6, 6.07) is 11.8. The highest BCUT2D eigenvalue weighted by Gasteiger charge is 2.24. The first-order valence-corrected chi connectivity index (χ1v) is 8.19. The first-order valence-electron chi connectivity index (χ1n) is 8.19. The van der Waals surface area contributed by atoms with E-state index in [1.165, 1.54) is 7.11 Å². The van der Waals surface area contributed by atoms with Crippen LogP contribution in [0.2, 0.25) is 0 Å². The number of nitrogens with zero attached hydrogens (tertiary/aromatic N) is 2. The van der Waals surface area contributed by atoms with Gasteiger partial charge >= 0.3 is 0 Å².